The van der Waals surface area contributed by atoms with Gasteiger partial charge in [0.15, 0.2) is 6.61 Å². The van der Waals surface area contributed by atoms with Crippen LogP contribution in [0.4, 0.5) is 13.2 Å². The van der Waals surface area contributed by atoms with Crippen LogP contribution < -0.4 is 10.2 Å². The molecule has 4 nitrogen and oxygen atoms in total. The smallest absolute Gasteiger partial charge is 0.416 e. The van der Waals surface area contributed by atoms with E-state index in [-0.39, 0.29) is 6.61 Å². The number of carbonyl (C=O) groups excluding carboxylic acids is 1. The summed E-state index contributed by atoms with van der Waals surface area (Å²) in [6.07, 6.45) is -2.20. The maximum Gasteiger partial charge on any atom is 0.416 e. The fourth-order valence-electron chi connectivity index (χ4n) is 1.94. The molecular weight excluding hydrogens is 333 g/mol. The first kappa shape index (κ1) is 18.5. The second-order valence-corrected chi connectivity index (χ2v) is 5.20. The highest BCUT2D eigenvalue weighted by atomic mass is 19.4. The number of alkyl halides is 3. The summed E-state index contributed by atoms with van der Waals surface area (Å²) in [5, 5.41) is 3.69. The molecule has 0 atom stereocenters. The number of nitrogens with one attached hydrogen (secondary N) is 1. The largest absolute Gasteiger partial charge is 0.484 e. The van der Waals surface area contributed by atoms with Crippen molar-refractivity contribution in [1.29, 1.82) is 0 Å². The lowest BCUT2D eigenvalue weighted by Gasteiger charge is -2.06. The van der Waals surface area contributed by atoms with Crippen LogP contribution in [-0.4, -0.2) is 18.7 Å². The first-order chi connectivity index (χ1) is 11.9. The molecule has 0 aliphatic heterocycles. The molecule has 2 aromatic rings. The molecule has 2 aromatic carbocycles. The number of benzene rings is 2. The van der Waals surface area contributed by atoms with Crippen molar-refractivity contribution in [2.24, 2.45) is 5.10 Å². The lowest BCUT2D eigenvalue weighted by Crippen LogP contribution is -2.24. The van der Waals surface area contributed by atoms with E-state index >= 15 is 0 Å². The molecule has 0 aliphatic rings. The highest BCUT2D eigenvalue weighted by Gasteiger charge is 2.29. The number of ether oxygens (including phenoxy) is 1. The Morgan fingerprint density at radius 2 is 1.76 bits per heavy atom. The van der Waals surface area contributed by atoms with E-state index in [9.17, 15) is 18.0 Å². The van der Waals surface area contributed by atoms with Crippen molar-refractivity contribution in [3.8, 4) is 5.75 Å². The Morgan fingerprint density at radius 3 is 2.32 bits per heavy atom. The SMILES string of the molecule is CCc1ccc(OCC(=O)N/N=C\c2ccc(C(F)(F)F)cc2)cc1. The summed E-state index contributed by atoms with van der Waals surface area (Å²) in [7, 11) is 0. The predicted molar refractivity (Wildman–Crippen MR) is 88.5 cm³/mol. The molecule has 25 heavy (non-hydrogen) atoms. The number of amides is 1. The summed E-state index contributed by atoms with van der Waals surface area (Å²) < 4.78 is 42.6. The van der Waals surface area contributed by atoms with Gasteiger partial charge in [-0.3, -0.25) is 4.79 Å². The van der Waals surface area contributed by atoms with Gasteiger partial charge < -0.3 is 4.74 Å². The van der Waals surface area contributed by atoms with Gasteiger partial charge in [-0.1, -0.05) is 31.2 Å². The molecule has 0 heterocycles. The summed E-state index contributed by atoms with van der Waals surface area (Å²) in [4.78, 5) is 11.6. The third-order valence-corrected chi connectivity index (χ3v) is 3.34. The number of aryl methyl sites for hydroxylation is 1. The normalized spacial score (nSPS) is 11.5. The summed E-state index contributed by atoms with van der Waals surface area (Å²) in [6, 6.07) is 11.8. The number of carbonyl (C=O) groups is 1. The van der Waals surface area contributed by atoms with Crippen molar-refractivity contribution in [2.45, 2.75) is 19.5 Å². The van der Waals surface area contributed by atoms with Crippen LogP contribution in [0.15, 0.2) is 53.6 Å². The Hall–Kier alpha value is -2.83. The van der Waals surface area contributed by atoms with Crippen molar-refractivity contribution >= 4 is 12.1 Å². The Kier molecular flexibility index (Phi) is 6.16. The van der Waals surface area contributed by atoms with Crippen LogP contribution in [-0.2, 0) is 17.4 Å². The van der Waals surface area contributed by atoms with Crippen molar-refractivity contribution in [2.75, 3.05) is 6.61 Å². The van der Waals surface area contributed by atoms with Crippen molar-refractivity contribution in [3.05, 3.63) is 65.2 Å². The minimum Gasteiger partial charge on any atom is -0.484 e. The number of hydrogen-bond donors (Lipinski definition) is 1. The molecule has 7 heteroatoms. The molecule has 0 saturated carbocycles. The van der Waals surface area contributed by atoms with Crippen LogP contribution in [0.1, 0.15) is 23.6 Å². The molecule has 1 amide bonds. The Labute approximate surface area is 143 Å². The molecule has 0 fully saturated rings. The van der Waals surface area contributed by atoms with Crippen LogP contribution in [0.25, 0.3) is 0 Å². The van der Waals surface area contributed by atoms with Gasteiger partial charge in [0.05, 0.1) is 11.8 Å². The average molecular weight is 350 g/mol. The van der Waals surface area contributed by atoms with Gasteiger partial charge in [-0.15, -0.1) is 0 Å². The number of halogens is 3. The molecule has 2 rings (SSSR count). The van der Waals surface area contributed by atoms with E-state index < -0.39 is 17.6 Å². The van der Waals surface area contributed by atoms with E-state index in [0.29, 0.717) is 11.3 Å². The van der Waals surface area contributed by atoms with E-state index in [0.717, 1.165) is 24.1 Å². The monoisotopic (exact) mass is 350 g/mol. The van der Waals surface area contributed by atoms with Crippen LogP contribution in [0.2, 0.25) is 0 Å². The zero-order valence-electron chi connectivity index (χ0n) is 13.5. The van der Waals surface area contributed by atoms with Gasteiger partial charge in [-0.05, 0) is 41.8 Å². The Balaban J connectivity index is 1.79. The summed E-state index contributed by atoms with van der Waals surface area (Å²) in [6.45, 7) is 1.83. The molecule has 0 radical (unpaired) electrons. The summed E-state index contributed by atoms with van der Waals surface area (Å²) >= 11 is 0. The zero-order valence-corrected chi connectivity index (χ0v) is 13.5. The molecule has 0 unspecified atom stereocenters. The third-order valence-electron chi connectivity index (χ3n) is 3.34. The highest BCUT2D eigenvalue weighted by Crippen LogP contribution is 2.28. The second-order valence-electron chi connectivity index (χ2n) is 5.20. The molecule has 132 valence electrons. The van der Waals surface area contributed by atoms with Crippen molar-refractivity contribution < 1.29 is 22.7 Å². The van der Waals surface area contributed by atoms with Crippen LogP contribution in [0, 0.1) is 0 Å². The summed E-state index contributed by atoms with van der Waals surface area (Å²) in [5.41, 5.74) is 3.11. The Bertz CT molecular complexity index is 723. The first-order valence-electron chi connectivity index (χ1n) is 7.59. The second kappa shape index (κ2) is 8.32. The molecule has 0 bridgehead atoms. The van der Waals surface area contributed by atoms with E-state index in [4.69, 9.17) is 4.74 Å². The Morgan fingerprint density at radius 1 is 1.12 bits per heavy atom. The van der Waals surface area contributed by atoms with Gasteiger partial charge in [-0.25, -0.2) is 5.43 Å². The first-order valence-corrected chi connectivity index (χ1v) is 7.59. The lowest BCUT2D eigenvalue weighted by molar-refractivity contribution is -0.137. The minimum absolute atomic E-state index is 0.212. The van der Waals surface area contributed by atoms with Crippen molar-refractivity contribution in [1.82, 2.24) is 5.43 Å². The fraction of sp³-hybridized carbons (Fsp3) is 0.222. The van der Waals surface area contributed by atoms with Crippen LogP contribution in [0.3, 0.4) is 0 Å². The maximum atomic E-state index is 12.4. The van der Waals surface area contributed by atoms with Gasteiger partial charge in [-0.2, -0.15) is 18.3 Å². The van der Waals surface area contributed by atoms with Gasteiger partial charge >= 0.3 is 6.18 Å². The quantitative estimate of drug-likeness (QED) is 0.636. The number of nitrogens with zero attached hydrogens (tertiary/aromatic N) is 1. The number of hydrazone groups is 1. The topological polar surface area (TPSA) is 50.7 Å². The molecule has 0 aliphatic carbocycles. The fourth-order valence-corrected chi connectivity index (χ4v) is 1.94. The van der Waals surface area contributed by atoms with Gasteiger partial charge in [0.1, 0.15) is 5.75 Å². The molecule has 0 spiro atoms. The molecule has 0 aromatic heterocycles. The molecule has 0 saturated heterocycles. The average Bonchev–Trinajstić information content (AvgIpc) is 2.60. The van der Waals surface area contributed by atoms with Crippen LogP contribution >= 0.6 is 0 Å². The van der Waals surface area contributed by atoms with E-state index in [1.165, 1.54) is 18.3 Å². The van der Waals surface area contributed by atoms with Gasteiger partial charge in [0.2, 0.25) is 0 Å². The number of hydrogen-bond acceptors (Lipinski definition) is 3. The summed E-state index contributed by atoms with van der Waals surface area (Å²) in [5.74, 6) is 0.0989. The predicted octanol–water partition coefficient (Wildman–Crippen LogP) is 3.80. The highest BCUT2D eigenvalue weighted by molar-refractivity contribution is 5.82. The standard InChI is InChI=1S/C18H17F3N2O2/c1-2-13-5-9-16(10-6-13)25-12-17(24)23-22-11-14-3-7-15(8-4-14)18(19,20)21/h3-11H,2,12H2,1H3,(H,23,24)/b22-11-. The minimum atomic E-state index is -4.38. The van der Waals surface area contributed by atoms with Gasteiger partial charge in [0.25, 0.3) is 5.91 Å². The van der Waals surface area contributed by atoms with Crippen molar-refractivity contribution in [3.63, 3.8) is 0 Å². The lowest BCUT2D eigenvalue weighted by atomic mass is 10.1. The van der Waals surface area contributed by atoms with E-state index in [1.807, 2.05) is 19.1 Å². The molecule has 1 N–H and O–H groups in total. The van der Waals surface area contributed by atoms with E-state index in [1.54, 1.807) is 12.1 Å². The molecular formula is C18H17F3N2O2. The zero-order chi connectivity index (χ0) is 18.3. The van der Waals surface area contributed by atoms with Crippen LogP contribution in [0.5, 0.6) is 5.75 Å². The van der Waals surface area contributed by atoms with E-state index in [2.05, 4.69) is 10.5 Å². The third kappa shape index (κ3) is 5.95. The maximum absolute atomic E-state index is 12.4. The number of rotatable bonds is 6. The van der Waals surface area contributed by atoms with Gasteiger partial charge in [0, 0.05) is 0 Å².